The molecule has 3 aliphatic rings. The molecule has 6 heteroatoms. The minimum absolute atomic E-state index is 0.389. The van der Waals surface area contributed by atoms with Crippen LogP contribution < -0.4 is 10.9 Å². The molecule has 0 bridgehead atoms. The highest BCUT2D eigenvalue weighted by Crippen LogP contribution is 2.57. The standard InChI is InChI=1S/C50H50B2O4/c1-33-15-23-39(24-16-33)50(38-13-11-10-12-14-38)44-31-36(34-17-25-40(26-18-34)51-53-46(2,3)47(4,5)54-51)21-29-42(44)43-30-22-37(32-45(43)50)35-19-27-41(28-20-35)52-55-48(6,7)49(8,9)56-52/h10-32H,1-9H3. The fourth-order valence-electron chi connectivity index (χ4n) is 8.59. The predicted octanol–water partition coefficient (Wildman–Crippen LogP) is 10.3. The van der Waals surface area contributed by atoms with Crippen molar-refractivity contribution in [2.24, 2.45) is 0 Å². The van der Waals surface area contributed by atoms with Crippen LogP contribution in [0.3, 0.4) is 0 Å². The molecule has 2 heterocycles. The van der Waals surface area contributed by atoms with Crippen LogP contribution in [0.25, 0.3) is 33.4 Å². The Morgan fingerprint density at radius 1 is 0.375 bits per heavy atom. The maximum atomic E-state index is 6.38. The van der Waals surface area contributed by atoms with E-state index < -0.39 is 19.7 Å². The molecule has 0 radical (unpaired) electrons. The van der Waals surface area contributed by atoms with Crippen molar-refractivity contribution in [2.75, 3.05) is 0 Å². The molecule has 0 N–H and O–H groups in total. The minimum atomic E-state index is -0.545. The van der Waals surface area contributed by atoms with Crippen LogP contribution in [0.4, 0.5) is 0 Å². The van der Waals surface area contributed by atoms with Gasteiger partial charge in [0.1, 0.15) is 0 Å². The molecule has 280 valence electrons. The second-order valence-corrected chi connectivity index (χ2v) is 17.9. The van der Waals surface area contributed by atoms with E-state index in [2.05, 4.69) is 202 Å². The predicted molar refractivity (Wildman–Crippen MR) is 231 cm³/mol. The molecule has 56 heavy (non-hydrogen) atoms. The van der Waals surface area contributed by atoms with Gasteiger partial charge in [-0.05, 0) is 141 Å². The summed E-state index contributed by atoms with van der Waals surface area (Å²) in [4.78, 5) is 0. The zero-order valence-corrected chi connectivity index (χ0v) is 34.1. The first-order chi connectivity index (χ1) is 26.6. The van der Waals surface area contributed by atoms with Crippen molar-refractivity contribution < 1.29 is 18.6 Å². The Balaban J connectivity index is 1.15. The van der Waals surface area contributed by atoms with Gasteiger partial charge in [0.25, 0.3) is 0 Å². The van der Waals surface area contributed by atoms with Crippen LogP contribution in [0.15, 0.2) is 140 Å². The van der Waals surface area contributed by atoms with E-state index >= 15 is 0 Å². The number of hydrogen-bond donors (Lipinski definition) is 0. The summed E-state index contributed by atoms with van der Waals surface area (Å²) < 4.78 is 25.5. The Kier molecular flexibility index (Phi) is 8.51. The molecule has 0 amide bonds. The van der Waals surface area contributed by atoms with Crippen LogP contribution in [0.5, 0.6) is 0 Å². The molecule has 6 aromatic carbocycles. The van der Waals surface area contributed by atoms with Gasteiger partial charge in [0.15, 0.2) is 0 Å². The molecule has 2 fully saturated rings. The van der Waals surface area contributed by atoms with E-state index in [0.717, 1.165) is 22.1 Å². The normalized spacial score (nSPS) is 19.5. The molecule has 0 saturated carbocycles. The summed E-state index contributed by atoms with van der Waals surface area (Å²) in [5, 5.41) is 0. The van der Waals surface area contributed by atoms with Gasteiger partial charge in [-0.3, -0.25) is 0 Å². The highest BCUT2D eigenvalue weighted by molar-refractivity contribution is 6.62. The topological polar surface area (TPSA) is 36.9 Å². The van der Waals surface area contributed by atoms with E-state index in [4.69, 9.17) is 18.6 Å². The van der Waals surface area contributed by atoms with Crippen molar-refractivity contribution in [3.05, 3.63) is 167 Å². The molecule has 2 saturated heterocycles. The second-order valence-electron chi connectivity index (χ2n) is 17.9. The van der Waals surface area contributed by atoms with Gasteiger partial charge in [0.05, 0.1) is 27.8 Å². The van der Waals surface area contributed by atoms with Crippen LogP contribution in [0, 0.1) is 6.92 Å². The maximum absolute atomic E-state index is 6.38. The first-order valence-electron chi connectivity index (χ1n) is 19.9. The Hall–Kier alpha value is -4.71. The Morgan fingerprint density at radius 2 is 0.732 bits per heavy atom. The zero-order chi connectivity index (χ0) is 39.3. The van der Waals surface area contributed by atoms with E-state index in [1.54, 1.807) is 0 Å². The Morgan fingerprint density at radius 3 is 1.12 bits per heavy atom. The van der Waals surface area contributed by atoms with E-state index in [9.17, 15) is 0 Å². The number of rotatable bonds is 6. The van der Waals surface area contributed by atoms with Gasteiger partial charge in [-0.2, -0.15) is 0 Å². The number of aryl methyl sites for hydroxylation is 1. The number of fused-ring (bicyclic) bond motifs is 3. The molecule has 2 aliphatic heterocycles. The first-order valence-corrected chi connectivity index (χ1v) is 19.9. The molecule has 1 aliphatic carbocycles. The van der Waals surface area contributed by atoms with Gasteiger partial charge in [-0.15, -0.1) is 0 Å². The largest absolute Gasteiger partial charge is 0.494 e. The third kappa shape index (κ3) is 5.76. The molecular weight excluding hydrogens is 686 g/mol. The zero-order valence-electron chi connectivity index (χ0n) is 34.1. The third-order valence-electron chi connectivity index (χ3n) is 13.4. The van der Waals surface area contributed by atoms with Gasteiger partial charge < -0.3 is 18.6 Å². The summed E-state index contributed by atoms with van der Waals surface area (Å²) in [6.07, 6.45) is 0. The average Bonchev–Trinajstić information content (AvgIpc) is 3.69. The SMILES string of the molecule is Cc1ccc(C2(c3ccccc3)c3cc(-c4ccc(B5OC(C)(C)C(C)(C)O5)cc4)ccc3-c3ccc(-c4ccc(B5OC(C)(C)C(C)(C)O5)cc4)cc32)cc1. The van der Waals surface area contributed by atoms with E-state index in [-0.39, 0.29) is 22.4 Å². The summed E-state index contributed by atoms with van der Waals surface area (Å²) in [7, 11) is -0.796. The van der Waals surface area contributed by atoms with Crippen molar-refractivity contribution in [1.82, 2.24) is 0 Å². The van der Waals surface area contributed by atoms with Crippen LogP contribution in [0.2, 0.25) is 0 Å². The van der Waals surface area contributed by atoms with Crippen LogP contribution in [-0.2, 0) is 24.0 Å². The van der Waals surface area contributed by atoms with Gasteiger partial charge in [-0.1, -0.05) is 133 Å². The van der Waals surface area contributed by atoms with Crippen molar-refractivity contribution in [2.45, 2.75) is 90.1 Å². The summed E-state index contributed by atoms with van der Waals surface area (Å²) in [6, 6.07) is 51.6. The van der Waals surface area contributed by atoms with Crippen LogP contribution in [-0.4, -0.2) is 36.6 Å². The van der Waals surface area contributed by atoms with E-state index in [1.807, 2.05) is 0 Å². The Labute approximate surface area is 333 Å². The average molecular weight is 737 g/mol. The smallest absolute Gasteiger partial charge is 0.399 e. The highest BCUT2D eigenvalue weighted by atomic mass is 16.7. The quantitative estimate of drug-likeness (QED) is 0.159. The summed E-state index contributed by atoms with van der Waals surface area (Å²) in [5.41, 5.74) is 13.4. The molecule has 9 rings (SSSR count). The molecule has 0 atom stereocenters. The van der Waals surface area contributed by atoms with Gasteiger partial charge in [0, 0.05) is 0 Å². The lowest BCUT2D eigenvalue weighted by molar-refractivity contribution is 0.00578. The van der Waals surface area contributed by atoms with Crippen molar-refractivity contribution in [3.8, 4) is 33.4 Å². The lowest BCUT2D eigenvalue weighted by atomic mass is 9.67. The lowest BCUT2D eigenvalue weighted by Gasteiger charge is -2.34. The van der Waals surface area contributed by atoms with Crippen molar-refractivity contribution in [3.63, 3.8) is 0 Å². The summed E-state index contributed by atoms with van der Waals surface area (Å²) in [6.45, 7) is 18.9. The molecule has 0 spiro atoms. The fourth-order valence-corrected chi connectivity index (χ4v) is 8.59. The molecule has 0 aromatic heterocycles. The second kappa shape index (κ2) is 12.9. The summed E-state index contributed by atoms with van der Waals surface area (Å²) in [5.74, 6) is 0. The van der Waals surface area contributed by atoms with Crippen molar-refractivity contribution >= 4 is 25.2 Å². The fraction of sp³-hybridized carbons (Fsp3) is 0.280. The van der Waals surface area contributed by atoms with E-state index in [0.29, 0.717) is 0 Å². The lowest BCUT2D eigenvalue weighted by Crippen LogP contribution is -2.41. The van der Waals surface area contributed by atoms with Gasteiger partial charge in [0.2, 0.25) is 0 Å². The van der Waals surface area contributed by atoms with Gasteiger partial charge in [-0.25, -0.2) is 0 Å². The monoisotopic (exact) mass is 736 g/mol. The van der Waals surface area contributed by atoms with Crippen molar-refractivity contribution in [1.29, 1.82) is 0 Å². The van der Waals surface area contributed by atoms with Gasteiger partial charge >= 0.3 is 14.2 Å². The van der Waals surface area contributed by atoms with Crippen LogP contribution >= 0.6 is 0 Å². The molecule has 4 nitrogen and oxygen atoms in total. The maximum Gasteiger partial charge on any atom is 0.494 e. The third-order valence-corrected chi connectivity index (χ3v) is 13.4. The highest BCUT2D eigenvalue weighted by Gasteiger charge is 2.53. The number of hydrogen-bond acceptors (Lipinski definition) is 4. The Bertz CT molecular complexity index is 2270. The summed E-state index contributed by atoms with van der Waals surface area (Å²) >= 11 is 0. The molecule has 6 aromatic rings. The van der Waals surface area contributed by atoms with E-state index in [1.165, 1.54) is 50.1 Å². The minimum Gasteiger partial charge on any atom is -0.399 e. The molecule has 0 unspecified atom stereocenters. The molecular formula is C50H50B2O4. The first kappa shape index (κ1) is 36.9. The number of benzene rings is 6. The van der Waals surface area contributed by atoms with Crippen LogP contribution in [0.1, 0.15) is 83.2 Å².